The summed E-state index contributed by atoms with van der Waals surface area (Å²) in [5.74, 6) is 3.45. The number of β-amino-alcohol motifs (C(OH)–C–C–N with tert-alkyl or cyclic N) is 1. The highest BCUT2D eigenvalue weighted by atomic mass is 35.5. The third-order valence-electron chi connectivity index (χ3n) is 7.58. The maximum atomic E-state index is 13.3. The quantitative estimate of drug-likeness (QED) is 0.111. The van der Waals surface area contributed by atoms with Crippen LogP contribution in [0.3, 0.4) is 0 Å². The number of halogens is 2. The number of rotatable bonds is 7. The van der Waals surface area contributed by atoms with Crippen LogP contribution in [0.1, 0.15) is 32.0 Å². The van der Waals surface area contributed by atoms with Crippen LogP contribution in [0.4, 0.5) is 0 Å². The summed E-state index contributed by atoms with van der Waals surface area (Å²) >= 11 is 13.1. The molecule has 0 saturated carbocycles. The molecule has 0 bridgehead atoms. The molecule has 0 spiro atoms. The normalized spacial score (nSPS) is 19.3. The summed E-state index contributed by atoms with van der Waals surface area (Å²) in [6, 6.07) is 9.19. The standard InChI is InChI=1S/C28H30Cl2N6O7/c1-42-22-13-36(12-19(22)37)28(34-31)32-10-18(27(40)41)33-25(38)23-17(29)8-15-11-35(7-6-16(15)24(23)30)26(39)21-9-14-4-2-3-5-20(14)43-21/h2-5,8-9,18-19,22,37H,6-7,10-13,31H2,1H3,(H,32,34)(H,33,38)(H,40,41)/t18-,19+,22+/m0/s1. The van der Waals surface area contributed by atoms with E-state index >= 15 is 0 Å². The van der Waals surface area contributed by atoms with E-state index in [0.717, 1.165) is 5.39 Å². The summed E-state index contributed by atoms with van der Waals surface area (Å²) in [7, 11) is 1.47. The lowest BCUT2D eigenvalue weighted by Gasteiger charge is -2.30. The lowest BCUT2D eigenvalue weighted by Crippen LogP contribution is -2.51. The smallest absolute Gasteiger partial charge is 0.328 e. The molecule has 2 aliphatic rings. The van der Waals surface area contributed by atoms with Crippen molar-refractivity contribution in [3.05, 3.63) is 68.9 Å². The number of aliphatic hydroxyl groups is 1. The van der Waals surface area contributed by atoms with Crippen molar-refractivity contribution in [2.24, 2.45) is 10.9 Å². The van der Waals surface area contributed by atoms with E-state index in [1.54, 1.807) is 28.0 Å². The van der Waals surface area contributed by atoms with E-state index in [0.29, 0.717) is 29.7 Å². The van der Waals surface area contributed by atoms with E-state index in [4.69, 9.17) is 38.2 Å². The number of amides is 2. The molecular weight excluding hydrogens is 603 g/mol. The zero-order valence-electron chi connectivity index (χ0n) is 23.0. The van der Waals surface area contributed by atoms with E-state index in [9.17, 15) is 24.6 Å². The van der Waals surface area contributed by atoms with Crippen molar-refractivity contribution >= 4 is 57.9 Å². The van der Waals surface area contributed by atoms with Gasteiger partial charge in [-0.2, -0.15) is 0 Å². The number of aliphatic carboxylic acids is 1. The second-order valence-corrected chi connectivity index (χ2v) is 11.0. The minimum atomic E-state index is -1.41. The molecule has 2 aliphatic heterocycles. The highest BCUT2D eigenvalue weighted by Gasteiger charge is 2.34. The van der Waals surface area contributed by atoms with Crippen LogP contribution < -0.4 is 16.5 Å². The molecule has 228 valence electrons. The number of nitrogens with zero attached hydrogens (tertiary/aromatic N) is 3. The summed E-state index contributed by atoms with van der Waals surface area (Å²) in [6.07, 6.45) is -0.887. The molecule has 1 aromatic heterocycles. The fourth-order valence-corrected chi connectivity index (χ4v) is 6.06. The van der Waals surface area contributed by atoms with Gasteiger partial charge < -0.3 is 45.6 Å². The Balaban J connectivity index is 1.27. The Morgan fingerprint density at radius 3 is 2.65 bits per heavy atom. The van der Waals surface area contributed by atoms with E-state index in [2.05, 4.69) is 15.7 Å². The van der Waals surface area contributed by atoms with Crippen LogP contribution in [0.2, 0.25) is 10.0 Å². The number of likely N-dealkylation sites (tertiary alicyclic amines) is 1. The predicted molar refractivity (Wildman–Crippen MR) is 158 cm³/mol. The van der Waals surface area contributed by atoms with Crippen LogP contribution >= 0.6 is 23.2 Å². The molecule has 43 heavy (non-hydrogen) atoms. The number of ether oxygens (including phenoxy) is 1. The van der Waals surface area contributed by atoms with Gasteiger partial charge in [-0.3, -0.25) is 9.59 Å². The molecule has 3 heterocycles. The second-order valence-electron chi connectivity index (χ2n) is 10.3. The maximum Gasteiger partial charge on any atom is 0.328 e. The maximum absolute atomic E-state index is 13.3. The van der Waals surface area contributed by atoms with Gasteiger partial charge in [-0.15, -0.1) is 5.10 Å². The van der Waals surface area contributed by atoms with Gasteiger partial charge in [0.25, 0.3) is 11.8 Å². The van der Waals surface area contributed by atoms with Gasteiger partial charge in [0.1, 0.15) is 17.7 Å². The summed E-state index contributed by atoms with van der Waals surface area (Å²) in [5.41, 5.74) is 1.86. The number of carboxylic acids is 1. The Morgan fingerprint density at radius 2 is 1.98 bits per heavy atom. The Hall–Kier alpha value is -4.04. The molecular formula is C28H30Cl2N6O7. The summed E-state index contributed by atoms with van der Waals surface area (Å²) in [6.45, 7) is 0.702. The molecule has 13 nitrogen and oxygen atoms in total. The van der Waals surface area contributed by atoms with E-state index in [-0.39, 0.29) is 59.4 Å². The first-order valence-corrected chi connectivity index (χ1v) is 14.2. The van der Waals surface area contributed by atoms with Crippen LogP contribution in [0.15, 0.2) is 45.9 Å². The van der Waals surface area contributed by atoms with Crippen LogP contribution in [0, 0.1) is 0 Å². The van der Waals surface area contributed by atoms with Crippen molar-refractivity contribution in [1.29, 1.82) is 0 Å². The Kier molecular flexibility index (Phi) is 8.97. The van der Waals surface area contributed by atoms with Crippen LogP contribution in [0.25, 0.3) is 11.0 Å². The van der Waals surface area contributed by atoms with Gasteiger partial charge in [-0.25, -0.2) is 4.79 Å². The lowest BCUT2D eigenvalue weighted by atomic mass is 9.96. The van der Waals surface area contributed by atoms with Gasteiger partial charge in [-0.05, 0) is 35.7 Å². The third-order valence-corrected chi connectivity index (χ3v) is 8.30. The van der Waals surface area contributed by atoms with Crippen molar-refractivity contribution in [1.82, 2.24) is 20.4 Å². The number of aliphatic hydroxyl groups excluding tert-OH is 1. The SMILES string of the molecule is CO[C@@H]1CN(/C(=N/N)NC[C@H](NC(=O)c2c(Cl)cc3c(c2Cl)CCN(C(=O)c2cc4ccccc4o2)C3)C(=O)O)C[C@H]1O. The fourth-order valence-electron chi connectivity index (χ4n) is 5.30. The number of carbonyl (C=O) groups excluding carboxylic acids is 2. The van der Waals surface area contributed by atoms with Crippen LogP contribution in [-0.4, -0.2) is 95.3 Å². The van der Waals surface area contributed by atoms with Crippen molar-refractivity contribution in [2.75, 3.05) is 33.3 Å². The second kappa shape index (κ2) is 12.7. The Bertz CT molecular complexity index is 1560. The number of nitrogens with two attached hydrogens (primary N) is 1. The first-order valence-electron chi connectivity index (χ1n) is 13.4. The number of carboxylic acid groups (broad SMARTS) is 1. The van der Waals surface area contributed by atoms with Crippen LogP contribution in [0.5, 0.6) is 0 Å². The molecule has 2 aromatic carbocycles. The van der Waals surface area contributed by atoms with Gasteiger partial charge in [0.05, 0.1) is 21.7 Å². The average Bonchev–Trinajstić information content (AvgIpc) is 3.59. The fraction of sp³-hybridized carbons (Fsp3) is 0.357. The molecule has 0 aliphatic carbocycles. The Morgan fingerprint density at radius 1 is 1.21 bits per heavy atom. The number of guanidine groups is 1. The minimum Gasteiger partial charge on any atom is -0.480 e. The first kappa shape index (κ1) is 30.4. The number of methoxy groups -OCH3 is 1. The molecule has 3 atom stereocenters. The summed E-state index contributed by atoms with van der Waals surface area (Å²) < 4.78 is 10.9. The first-order chi connectivity index (χ1) is 20.6. The highest BCUT2D eigenvalue weighted by Crippen LogP contribution is 2.35. The average molecular weight is 633 g/mol. The van der Waals surface area contributed by atoms with E-state index in [1.807, 2.05) is 18.2 Å². The monoisotopic (exact) mass is 632 g/mol. The summed E-state index contributed by atoms with van der Waals surface area (Å²) in [4.78, 5) is 41.7. The highest BCUT2D eigenvalue weighted by molar-refractivity contribution is 6.40. The van der Waals surface area contributed by atoms with Crippen molar-refractivity contribution in [3.8, 4) is 0 Å². The number of carbonyl (C=O) groups is 3. The number of hydrazone groups is 1. The number of hydrogen-bond donors (Lipinski definition) is 5. The zero-order chi connectivity index (χ0) is 30.8. The number of hydrogen-bond acceptors (Lipinski definition) is 8. The number of fused-ring (bicyclic) bond motifs is 2. The molecule has 1 fully saturated rings. The molecule has 0 radical (unpaired) electrons. The number of para-hydroxylation sites is 1. The molecule has 2 amide bonds. The third kappa shape index (κ3) is 6.20. The van der Waals surface area contributed by atoms with Gasteiger partial charge in [-0.1, -0.05) is 41.4 Å². The molecule has 15 heteroatoms. The van der Waals surface area contributed by atoms with Crippen molar-refractivity contribution < 1.29 is 33.8 Å². The molecule has 1 saturated heterocycles. The molecule has 5 rings (SSSR count). The van der Waals surface area contributed by atoms with E-state index in [1.165, 1.54) is 7.11 Å². The molecule has 0 unspecified atom stereocenters. The van der Waals surface area contributed by atoms with Gasteiger partial charge >= 0.3 is 5.97 Å². The number of nitrogens with one attached hydrogen (secondary N) is 2. The summed E-state index contributed by atoms with van der Waals surface area (Å²) in [5, 5.41) is 29.7. The van der Waals surface area contributed by atoms with Crippen LogP contribution in [-0.2, 0) is 22.5 Å². The zero-order valence-corrected chi connectivity index (χ0v) is 24.6. The Labute approximate surface area is 256 Å². The van der Waals surface area contributed by atoms with Gasteiger partial charge in [0.2, 0.25) is 5.96 Å². The van der Waals surface area contributed by atoms with Crippen molar-refractivity contribution in [2.45, 2.75) is 31.2 Å². The van der Waals surface area contributed by atoms with Gasteiger partial charge in [0.15, 0.2) is 5.76 Å². The largest absolute Gasteiger partial charge is 0.480 e. The topological polar surface area (TPSA) is 183 Å². The number of furan rings is 1. The predicted octanol–water partition coefficient (Wildman–Crippen LogP) is 1.63. The lowest BCUT2D eigenvalue weighted by molar-refractivity contribution is -0.139. The van der Waals surface area contributed by atoms with Crippen molar-refractivity contribution in [3.63, 3.8) is 0 Å². The molecule has 6 N–H and O–H groups in total. The number of benzene rings is 2. The minimum absolute atomic E-state index is 0.0113. The van der Waals surface area contributed by atoms with Gasteiger partial charge in [0, 0.05) is 45.2 Å². The van der Waals surface area contributed by atoms with E-state index < -0.39 is 30.1 Å². The molecule has 3 aromatic rings.